The molecule has 430 valence electrons. The maximum atomic E-state index is 12.5. The van der Waals surface area contributed by atoms with Gasteiger partial charge in [0.15, 0.2) is 0 Å². The van der Waals surface area contributed by atoms with Crippen molar-refractivity contribution in [3.63, 3.8) is 0 Å². The third kappa shape index (κ3) is 16.7. The molecule has 13 rings (SSSR count). The van der Waals surface area contributed by atoms with Crippen LogP contribution >= 0.6 is 34.8 Å². The van der Waals surface area contributed by atoms with Crippen molar-refractivity contribution in [2.45, 2.75) is 70.5 Å². The Morgan fingerprint density at radius 3 is 1.18 bits per heavy atom. The number of nitrogens with one attached hydrogen (secondary N) is 6. The van der Waals surface area contributed by atoms with Gasteiger partial charge < -0.3 is 49.1 Å². The smallest absolute Gasteiger partial charge is 0.255 e. The maximum Gasteiger partial charge on any atom is 0.255 e. The van der Waals surface area contributed by atoms with Gasteiger partial charge in [0.25, 0.3) is 5.91 Å². The lowest BCUT2D eigenvalue weighted by Gasteiger charge is -2.13. The molecule has 3 aliphatic carbocycles. The summed E-state index contributed by atoms with van der Waals surface area (Å²) in [4.78, 5) is 49.9. The monoisotopic (exact) mass is 1190 g/mol. The molecular formula is C63H61Cl3N18O. The quantitative estimate of drug-likeness (QED) is 0.0514. The highest BCUT2D eigenvalue weighted by molar-refractivity contribution is 6.31. The van der Waals surface area contributed by atoms with E-state index >= 15 is 0 Å². The van der Waals surface area contributed by atoms with Crippen molar-refractivity contribution in [1.29, 1.82) is 0 Å². The Morgan fingerprint density at radius 2 is 0.741 bits per heavy atom. The first-order valence-corrected chi connectivity index (χ1v) is 28.5. The average molecular weight is 1190 g/mol. The van der Waals surface area contributed by atoms with Gasteiger partial charge in [-0.1, -0.05) is 120 Å². The molecule has 0 fully saturated rings. The molecule has 0 saturated heterocycles. The number of aromatic nitrogens is 9. The molecule has 3 aliphatic rings. The standard InChI is InChI=1S/C25H24N8O.C19H18ClN5.C12H10Cl2N4.C7H9N/c26-20-7-3-4-8-21(20)30-22(34)15-9-11-18(12-10-15)28-24-31-23(27)32-25(33-24)29-19-13-16-5-1-2-6-17(16)14-19;1-12-6-8-15(9-7-12)21-18-23-17(20)24-19(25-18)22-16-10-13-4-2-3-5-14(13)11-16;13-10-16-11(14)18-12(17-10)15-9-5-7-3-1-2-4-8(7)6-9;1-6-2-4-7(8)5-3-6/h1-12,19H,13-14,26H2,(H,30,34)(H4,27,28,29,31,32,33);2-9,16H,10-11H2,1H3,(H2,21,22,23,24,25);1-4,9H,5-6H2,(H,15,16,17,18);2-5H,8H2,1H3. The van der Waals surface area contributed by atoms with Crippen molar-refractivity contribution >= 4 is 105 Å². The topological polar surface area (TPSA) is 283 Å². The highest BCUT2D eigenvalue weighted by Gasteiger charge is 2.25. The number of nitrogens with zero attached hydrogens (tertiary/aromatic N) is 9. The third-order valence-electron chi connectivity index (χ3n) is 14.0. The number of hydrogen-bond acceptors (Lipinski definition) is 18. The van der Waals surface area contributed by atoms with Crippen LogP contribution in [0, 0.1) is 13.8 Å². The van der Waals surface area contributed by atoms with Gasteiger partial charge in [-0.2, -0.15) is 44.9 Å². The molecule has 0 saturated carbocycles. The molecule has 10 aromatic rings. The van der Waals surface area contributed by atoms with Gasteiger partial charge in [0, 0.05) is 40.8 Å². The van der Waals surface area contributed by atoms with Crippen LogP contribution in [-0.4, -0.2) is 68.9 Å². The van der Waals surface area contributed by atoms with E-state index in [1.807, 2.05) is 74.5 Å². The van der Waals surface area contributed by atoms with E-state index in [1.165, 1.54) is 44.5 Å². The van der Waals surface area contributed by atoms with Crippen molar-refractivity contribution < 1.29 is 4.79 Å². The normalized spacial score (nSPS) is 13.0. The van der Waals surface area contributed by atoms with E-state index in [2.05, 4.69) is 150 Å². The van der Waals surface area contributed by atoms with Crippen LogP contribution in [0.2, 0.25) is 15.9 Å². The fraction of sp³-hybridized carbons (Fsp3) is 0.175. The summed E-state index contributed by atoms with van der Waals surface area (Å²) in [6.07, 6.45) is 5.64. The van der Waals surface area contributed by atoms with Crippen LogP contribution in [-0.2, 0) is 38.5 Å². The number of nitrogen functional groups attached to an aromatic ring is 3. The van der Waals surface area contributed by atoms with Gasteiger partial charge in [-0.15, -0.1) is 0 Å². The lowest BCUT2D eigenvalue weighted by atomic mass is 10.1. The molecule has 0 radical (unpaired) electrons. The number of benzene rings is 7. The lowest BCUT2D eigenvalue weighted by molar-refractivity contribution is 0.102. The van der Waals surface area contributed by atoms with Crippen LogP contribution in [0.15, 0.2) is 170 Å². The zero-order chi connectivity index (χ0) is 59.2. The lowest BCUT2D eigenvalue weighted by Crippen LogP contribution is -2.22. The Hall–Kier alpha value is -9.69. The fourth-order valence-electron chi connectivity index (χ4n) is 9.88. The van der Waals surface area contributed by atoms with Crippen LogP contribution in [0.1, 0.15) is 54.9 Å². The third-order valence-corrected chi connectivity index (χ3v) is 14.5. The molecule has 0 unspecified atom stereocenters. The Kier molecular flexibility index (Phi) is 19.0. The van der Waals surface area contributed by atoms with Gasteiger partial charge in [-0.3, -0.25) is 4.79 Å². The number of aryl methyl sites for hydroxylation is 2. The summed E-state index contributed by atoms with van der Waals surface area (Å²) in [5, 5.41) is 19.5. The molecule has 3 heterocycles. The fourth-order valence-corrected chi connectivity index (χ4v) is 10.4. The SMILES string of the molecule is Cc1ccc(N)cc1.Cc1ccc(Nc2nc(Cl)nc(NC3Cc4ccccc4C3)n2)cc1.Clc1nc(Cl)nc(NC2Cc3ccccc3C2)n1.Nc1nc(Nc2ccc(C(=O)Nc3ccccc3N)cc2)nc(NC2Cc3ccccc3C2)n1. The number of carbonyl (C=O) groups excluding carboxylic acids is 1. The highest BCUT2D eigenvalue weighted by Crippen LogP contribution is 2.28. The molecule has 7 aromatic carbocycles. The Morgan fingerprint density at radius 1 is 0.400 bits per heavy atom. The van der Waals surface area contributed by atoms with Crippen molar-refractivity contribution in [3.05, 3.63) is 236 Å². The number of nitrogens with two attached hydrogens (primary N) is 3. The largest absolute Gasteiger partial charge is 0.399 e. The average Bonchev–Trinajstić information content (AvgIpc) is 4.46. The van der Waals surface area contributed by atoms with Crippen LogP contribution in [0.3, 0.4) is 0 Å². The maximum absolute atomic E-state index is 12.5. The van der Waals surface area contributed by atoms with E-state index in [4.69, 9.17) is 52.0 Å². The number of carbonyl (C=O) groups is 1. The second-order valence-electron chi connectivity index (χ2n) is 20.5. The Bertz CT molecular complexity index is 3800. The van der Waals surface area contributed by atoms with E-state index < -0.39 is 0 Å². The second kappa shape index (κ2) is 27.6. The van der Waals surface area contributed by atoms with E-state index in [9.17, 15) is 4.79 Å². The molecule has 3 aromatic heterocycles. The summed E-state index contributed by atoms with van der Waals surface area (Å²) in [6, 6.07) is 55.9. The van der Waals surface area contributed by atoms with Gasteiger partial charge >= 0.3 is 0 Å². The molecule has 0 atom stereocenters. The summed E-state index contributed by atoms with van der Waals surface area (Å²) >= 11 is 17.5. The highest BCUT2D eigenvalue weighted by atomic mass is 35.5. The van der Waals surface area contributed by atoms with E-state index in [0.29, 0.717) is 52.4 Å². The first kappa shape index (κ1) is 58.5. The predicted molar refractivity (Wildman–Crippen MR) is 341 cm³/mol. The molecule has 22 heteroatoms. The number of halogens is 3. The molecule has 0 spiro atoms. The second-order valence-corrected chi connectivity index (χ2v) is 21.5. The molecule has 1 amide bonds. The van der Waals surface area contributed by atoms with Gasteiger partial charge in [0.1, 0.15) is 0 Å². The van der Waals surface area contributed by atoms with Gasteiger partial charge in [-0.25, -0.2) is 0 Å². The minimum absolute atomic E-state index is 0.105. The minimum atomic E-state index is -0.252. The van der Waals surface area contributed by atoms with Crippen molar-refractivity contribution in [2.75, 3.05) is 49.1 Å². The number of fused-ring (bicyclic) bond motifs is 3. The number of hydrogen-bond donors (Lipinski definition) is 9. The predicted octanol–water partition coefficient (Wildman–Crippen LogP) is 12.1. The first-order valence-electron chi connectivity index (χ1n) is 27.4. The van der Waals surface area contributed by atoms with Gasteiger partial charge in [-0.05, 0) is 181 Å². The van der Waals surface area contributed by atoms with Crippen LogP contribution in [0.25, 0.3) is 0 Å². The van der Waals surface area contributed by atoms with Gasteiger partial charge in [0.2, 0.25) is 51.5 Å². The summed E-state index contributed by atoms with van der Waals surface area (Å²) in [7, 11) is 0. The summed E-state index contributed by atoms with van der Waals surface area (Å²) in [5.74, 6) is 1.96. The van der Waals surface area contributed by atoms with Crippen molar-refractivity contribution in [2.24, 2.45) is 0 Å². The van der Waals surface area contributed by atoms with Gasteiger partial charge in [0.05, 0.1) is 11.4 Å². The van der Waals surface area contributed by atoms with Crippen molar-refractivity contribution in [3.8, 4) is 0 Å². The molecule has 12 N–H and O–H groups in total. The van der Waals surface area contributed by atoms with Crippen LogP contribution < -0.4 is 49.1 Å². The Labute approximate surface area is 507 Å². The number of para-hydroxylation sites is 2. The van der Waals surface area contributed by atoms with E-state index in [-0.39, 0.29) is 45.8 Å². The molecule has 85 heavy (non-hydrogen) atoms. The van der Waals surface area contributed by atoms with Crippen LogP contribution in [0.4, 0.5) is 64.1 Å². The zero-order valence-corrected chi connectivity index (χ0v) is 48.7. The summed E-state index contributed by atoms with van der Waals surface area (Å²) < 4.78 is 0. The number of rotatable bonds is 12. The molecule has 0 bridgehead atoms. The van der Waals surface area contributed by atoms with E-state index in [0.717, 1.165) is 49.9 Å². The molecule has 0 aliphatic heterocycles. The van der Waals surface area contributed by atoms with Crippen molar-refractivity contribution in [1.82, 2.24) is 44.9 Å². The summed E-state index contributed by atoms with van der Waals surface area (Å²) in [5.41, 5.74) is 31.8. The molecule has 19 nitrogen and oxygen atoms in total. The van der Waals surface area contributed by atoms with E-state index in [1.54, 1.807) is 36.4 Å². The number of amides is 1. The van der Waals surface area contributed by atoms with Crippen LogP contribution in [0.5, 0.6) is 0 Å². The number of anilines is 11. The zero-order valence-electron chi connectivity index (χ0n) is 46.4. The first-order chi connectivity index (χ1) is 41.2. The summed E-state index contributed by atoms with van der Waals surface area (Å²) in [6.45, 7) is 4.09. The minimum Gasteiger partial charge on any atom is -0.399 e. The molecular weight excluding hydrogens is 1130 g/mol. The Balaban J connectivity index is 0.000000138.